The molecular weight excluding hydrogens is 424 g/mol. The molecule has 3 aromatic rings. The molecule has 2 N–H and O–H groups in total. The van der Waals surface area contributed by atoms with Gasteiger partial charge in [-0.3, -0.25) is 9.59 Å². The number of hydrogen-bond acceptors (Lipinski definition) is 4. The molecule has 2 heterocycles. The Morgan fingerprint density at radius 2 is 1.90 bits per heavy atom. The van der Waals surface area contributed by atoms with E-state index in [4.69, 9.17) is 0 Å². The molecule has 5 rings (SSSR count). The maximum absolute atomic E-state index is 13.0. The fourth-order valence-electron chi connectivity index (χ4n) is 4.32. The number of thiophene rings is 1. The van der Waals surface area contributed by atoms with Crippen LogP contribution in [0.25, 0.3) is 0 Å². The number of aryl methyl sites for hydroxylation is 2. The minimum Gasteiger partial charge on any atom is -0.344 e. The molecule has 0 saturated heterocycles. The van der Waals surface area contributed by atoms with Crippen LogP contribution in [0.4, 0.5) is 5.69 Å². The van der Waals surface area contributed by atoms with E-state index in [-0.39, 0.29) is 24.3 Å². The second-order valence-corrected chi connectivity index (χ2v) is 10.3. The van der Waals surface area contributed by atoms with Gasteiger partial charge in [-0.2, -0.15) is 0 Å². The van der Waals surface area contributed by atoms with Crippen LogP contribution < -0.4 is 10.6 Å². The van der Waals surface area contributed by atoms with Gasteiger partial charge >= 0.3 is 0 Å². The van der Waals surface area contributed by atoms with Crippen LogP contribution in [0.2, 0.25) is 0 Å². The topological polar surface area (TPSA) is 58.2 Å². The van der Waals surface area contributed by atoms with E-state index in [0.29, 0.717) is 0 Å². The van der Waals surface area contributed by atoms with Gasteiger partial charge in [-0.25, -0.2) is 0 Å². The molecule has 1 aliphatic carbocycles. The predicted molar refractivity (Wildman–Crippen MR) is 127 cm³/mol. The van der Waals surface area contributed by atoms with Crippen LogP contribution in [0.5, 0.6) is 0 Å². The van der Waals surface area contributed by atoms with Crippen LogP contribution in [-0.2, 0) is 22.4 Å². The van der Waals surface area contributed by atoms with E-state index >= 15 is 0 Å². The van der Waals surface area contributed by atoms with Crippen molar-refractivity contribution in [3.63, 3.8) is 0 Å². The van der Waals surface area contributed by atoms with Gasteiger partial charge in [-0.1, -0.05) is 36.4 Å². The van der Waals surface area contributed by atoms with Crippen molar-refractivity contribution < 1.29 is 9.59 Å². The van der Waals surface area contributed by atoms with Gasteiger partial charge < -0.3 is 10.6 Å². The maximum atomic E-state index is 13.0. The lowest BCUT2D eigenvalue weighted by Crippen LogP contribution is -2.36. The summed E-state index contributed by atoms with van der Waals surface area (Å²) in [7, 11) is 0. The average molecular weight is 449 g/mol. The molecule has 2 aromatic carbocycles. The Morgan fingerprint density at radius 1 is 1.06 bits per heavy atom. The van der Waals surface area contributed by atoms with Crippen LogP contribution in [0.15, 0.2) is 64.9 Å². The number of carbonyl (C=O) groups is 2. The first-order valence-corrected chi connectivity index (χ1v) is 12.4. The number of para-hydroxylation sites is 1. The molecule has 6 heteroatoms. The Balaban J connectivity index is 1.34. The number of thioether (sulfide) groups is 1. The van der Waals surface area contributed by atoms with Gasteiger partial charge in [-0.15, -0.1) is 23.1 Å². The molecule has 2 amide bonds. The summed E-state index contributed by atoms with van der Waals surface area (Å²) in [6.07, 6.45) is 4.87. The Bertz CT molecular complexity index is 1110. The number of rotatable bonds is 5. The first-order valence-electron chi connectivity index (χ1n) is 10.7. The van der Waals surface area contributed by atoms with Gasteiger partial charge in [0.15, 0.2) is 0 Å². The normalized spacial score (nSPS) is 18.5. The number of fused-ring (bicyclic) bond motifs is 2. The molecule has 158 valence electrons. The lowest BCUT2D eigenvalue weighted by Gasteiger charge is -2.25. The lowest BCUT2D eigenvalue weighted by molar-refractivity contribution is -0.124. The highest BCUT2D eigenvalue weighted by Crippen LogP contribution is 2.37. The van der Waals surface area contributed by atoms with Gasteiger partial charge in [0.2, 0.25) is 11.8 Å². The summed E-state index contributed by atoms with van der Waals surface area (Å²) in [5.74, 6) is -0.219. The molecule has 0 spiro atoms. The van der Waals surface area contributed by atoms with E-state index in [2.05, 4.69) is 34.9 Å². The van der Waals surface area contributed by atoms with E-state index in [1.165, 1.54) is 35.7 Å². The second kappa shape index (κ2) is 8.89. The van der Waals surface area contributed by atoms with Gasteiger partial charge in [0, 0.05) is 16.2 Å². The summed E-state index contributed by atoms with van der Waals surface area (Å²) in [4.78, 5) is 27.7. The van der Waals surface area contributed by atoms with E-state index in [1.807, 2.05) is 35.7 Å². The van der Waals surface area contributed by atoms with Crippen LogP contribution >= 0.6 is 23.1 Å². The summed E-state index contributed by atoms with van der Waals surface area (Å²) in [5, 5.41) is 7.74. The number of nitrogens with one attached hydrogen (secondary N) is 2. The van der Waals surface area contributed by atoms with Crippen molar-refractivity contribution in [1.29, 1.82) is 0 Å². The lowest BCUT2D eigenvalue weighted by atomic mass is 9.89. The number of carbonyl (C=O) groups excluding carboxylic acids is 2. The molecular formula is C25H24N2O2S2. The van der Waals surface area contributed by atoms with Gasteiger partial charge in [0.1, 0.15) is 0 Å². The minimum absolute atomic E-state index is 0.108. The summed E-state index contributed by atoms with van der Waals surface area (Å²) in [6, 6.07) is 18.2. The molecule has 0 bridgehead atoms. The SMILES string of the molecule is O=C(C[C@@H]1Sc2ccccc2NC1=O)N[C@H](c1ccc2c(c1)CCCC2)c1cccs1. The third-order valence-electron chi connectivity index (χ3n) is 5.92. The molecule has 0 unspecified atom stereocenters. The van der Waals surface area contributed by atoms with Gasteiger partial charge in [-0.05, 0) is 66.0 Å². The summed E-state index contributed by atoms with van der Waals surface area (Å²) in [6.45, 7) is 0. The van der Waals surface area contributed by atoms with E-state index < -0.39 is 5.25 Å². The Morgan fingerprint density at radius 3 is 2.74 bits per heavy atom. The third kappa shape index (κ3) is 4.41. The zero-order chi connectivity index (χ0) is 21.2. The second-order valence-electron chi connectivity index (χ2n) is 8.05. The van der Waals surface area contributed by atoms with E-state index in [0.717, 1.165) is 33.9 Å². The van der Waals surface area contributed by atoms with Crippen molar-refractivity contribution in [3.8, 4) is 0 Å². The molecule has 2 aliphatic rings. The quantitative estimate of drug-likeness (QED) is 0.554. The first kappa shape index (κ1) is 20.3. The maximum Gasteiger partial charge on any atom is 0.238 e. The molecule has 0 fully saturated rings. The minimum atomic E-state index is -0.428. The van der Waals surface area contributed by atoms with Crippen molar-refractivity contribution in [2.45, 2.75) is 48.3 Å². The monoisotopic (exact) mass is 448 g/mol. The first-order chi connectivity index (χ1) is 15.2. The average Bonchev–Trinajstić information content (AvgIpc) is 3.32. The van der Waals surface area contributed by atoms with Crippen LogP contribution in [0, 0.1) is 0 Å². The molecule has 0 saturated carbocycles. The summed E-state index contributed by atoms with van der Waals surface area (Å²) >= 11 is 3.11. The zero-order valence-corrected chi connectivity index (χ0v) is 18.7. The predicted octanol–water partition coefficient (Wildman–Crippen LogP) is 5.34. The number of anilines is 1. The molecule has 2 atom stereocenters. The molecule has 1 aliphatic heterocycles. The van der Waals surface area contributed by atoms with E-state index in [1.54, 1.807) is 11.3 Å². The van der Waals surface area contributed by atoms with Crippen LogP contribution in [0.3, 0.4) is 0 Å². The standard InChI is InChI=1S/C25H24N2O2S2/c28-23(15-22-25(29)26-19-8-3-4-9-20(19)31-22)27-24(21-10-5-13-30-21)18-12-11-16-6-1-2-7-17(16)14-18/h3-5,8-14,22,24H,1-2,6-7,15H2,(H,26,29)(H,27,28)/t22-,24+/m0/s1. The highest BCUT2D eigenvalue weighted by Gasteiger charge is 2.30. The molecule has 31 heavy (non-hydrogen) atoms. The third-order valence-corrected chi connectivity index (χ3v) is 8.13. The molecule has 1 aromatic heterocycles. The van der Waals surface area contributed by atoms with Gasteiger partial charge in [0.05, 0.1) is 17.0 Å². The molecule has 0 radical (unpaired) electrons. The van der Waals surface area contributed by atoms with E-state index in [9.17, 15) is 9.59 Å². The van der Waals surface area contributed by atoms with Crippen LogP contribution in [0.1, 0.15) is 46.9 Å². The van der Waals surface area contributed by atoms with Crippen molar-refractivity contribution in [1.82, 2.24) is 5.32 Å². The van der Waals surface area contributed by atoms with Crippen molar-refractivity contribution in [3.05, 3.63) is 81.5 Å². The highest BCUT2D eigenvalue weighted by molar-refractivity contribution is 8.01. The largest absolute Gasteiger partial charge is 0.344 e. The highest BCUT2D eigenvalue weighted by atomic mass is 32.2. The summed E-state index contributed by atoms with van der Waals surface area (Å²) < 4.78 is 0. The smallest absolute Gasteiger partial charge is 0.238 e. The van der Waals surface area contributed by atoms with Gasteiger partial charge in [0.25, 0.3) is 0 Å². The number of hydrogen-bond donors (Lipinski definition) is 2. The molecule has 4 nitrogen and oxygen atoms in total. The van der Waals surface area contributed by atoms with Crippen molar-refractivity contribution >= 4 is 40.6 Å². The van der Waals surface area contributed by atoms with Crippen molar-refractivity contribution in [2.75, 3.05) is 5.32 Å². The Hall–Kier alpha value is -2.57. The Labute approximate surface area is 190 Å². The number of amides is 2. The Kier molecular flexibility index (Phi) is 5.83. The zero-order valence-electron chi connectivity index (χ0n) is 17.1. The van der Waals surface area contributed by atoms with Crippen LogP contribution in [-0.4, -0.2) is 17.1 Å². The summed E-state index contributed by atoms with van der Waals surface area (Å²) in [5.41, 5.74) is 4.76. The number of benzene rings is 2. The fourth-order valence-corrected chi connectivity index (χ4v) is 6.24. The van der Waals surface area contributed by atoms with Crippen molar-refractivity contribution in [2.24, 2.45) is 0 Å². The fraction of sp³-hybridized carbons (Fsp3) is 0.280.